The average molecular weight is 292 g/mol. The van der Waals surface area contributed by atoms with Crippen LogP contribution in [0.5, 0.6) is 5.75 Å². The largest absolute Gasteiger partial charge is 0.494 e. The molecule has 3 rings (SSSR count). The summed E-state index contributed by atoms with van der Waals surface area (Å²) in [5.41, 5.74) is 5.35. The normalized spacial score (nSPS) is 10.7. The second-order valence-corrected chi connectivity index (χ2v) is 5.30. The zero-order valence-electron chi connectivity index (χ0n) is 13.2. The topological polar surface area (TPSA) is 34.2 Å². The fourth-order valence-corrected chi connectivity index (χ4v) is 2.71. The number of fused-ring (bicyclic) bond motifs is 1. The van der Waals surface area contributed by atoms with Crippen LogP contribution in [-0.4, -0.2) is 12.1 Å². The second kappa shape index (κ2) is 6.06. The second-order valence-electron chi connectivity index (χ2n) is 5.30. The first kappa shape index (κ1) is 14.4. The van der Waals surface area contributed by atoms with Gasteiger partial charge in [-0.05, 0) is 37.1 Å². The highest BCUT2D eigenvalue weighted by atomic mass is 16.5. The predicted octanol–water partition coefficient (Wildman–Crippen LogP) is 4.86. The van der Waals surface area contributed by atoms with Crippen LogP contribution in [-0.2, 0) is 6.42 Å². The van der Waals surface area contributed by atoms with Crippen LogP contribution in [0.4, 0.5) is 11.4 Å². The van der Waals surface area contributed by atoms with Gasteiger partial charge in [0.25, 0.3) is 0 Å². The molecule has 0 fully saturated rings. The van der Waals surface area contributed by atoms with Crippen molar-refractivity contribution in [2.75, 3.05) is 12.4 Å². The van der Waals surface area contributed by atoms with Gasteiger partial charge in [-0.25, -0.2) is 4.98 Å². The molecule has 1 N–H and O–H groups in total. The van der Waals surface area contributed by atoms with E-state index in [9.17, 15) is 0 Å². The maximum atomic E-state index is 5.44. The number of aryl methyl sites for hydroxylation is 2. The van der Waals surface area contributed by atoms with Crippen molar-refractivity contribution >= 4 is 22.3 Å². The molecule has 1 aromatic heterocycles. The number of hydrogen-bond acceptors (Lipinski definition) is 3. The molecular formula is C19H20N2O. The predicted molar refractivity (Wildman–Crippen MR) is 92.1 cm³/mol. The van der Waals surface area contributed by atoms with Crippen LogP contribution in [0.3, 0.4) is 0 Å². The van der Waals surface area contributed by atoms with E-state index in [0.717, 1.165) is 40.1 Å². The van der Waals surface area contributed by atoms with Crippen molar-refractivity contribution in [3.05, 3.63) is 59.8 Å². The monoisotopic (exact) mass is 292 g/mol. The lowest BCUT2D eigenvalue weighted by atomic mass is 10.1. The van der Waals surface area contributed by atoms with E-state index < -0.39 is 0 Å². The summed E-state index contributed by atoms with van der Waals surface area (Å²) in [6, 6.07) is 16.5. The minimum atomic E-state index is 0.799. The Balaban J connectivity index is 2.14. The Bertz CT molecular complexity index is 812. The lowest BCUT2D eigenvalue weighted by Gasteiger charge is -2.15. The molecule has 0 radical (unpaired) electrons. The molecular weight excluding hydrogens is 272 g/mol. The third-order valence-electron chi connectivity index (χ3n) is 3.82. The van der Waals surface area contributed by atoms with Gasteiger partial charge in [0, 0.05) is 22.5 Å². The van der Waals surface area contributed by atoms with Crippen molar-refractivity contribution < 1.29 is 4.74 Å². The van der Waals surface area contributed by atoms with Crippen molar-refractivity contribution in [2.24, 2.45) is 0 Å². The number of rotatable bonds is 4. The smallest absolute Gasteiger partial charge is 0.145 e. The summed E-state index contributed by atoms with van der Waals surface area (Å²) >= 11 is 0. The minimum absolute atomic E-state index is 0.799. The Kier molecular flexibility index (Phi) is 3.96. The average Bonchev–Trinajstić information content (AvgIpc) is 2.54. The maximum Gasteiger partial charge on any atom is 0.145 e. The first-order valence-corrected chi connectivity index (χ1v) is 7.52. The van der Waals surface area contributed by atoms with Crippen molar-refractivity contribution in [1.29, 1.82) is 0 Å². The maximum absolute atomic E-state index is 5.44. The van der Waals surface area contributed by atoms with Gasteiger partial charge in [0.1, 0.15) is 11.3 Å². The lowest BCUT2D eigenvalue weighted by Crippen LogP contribution is -1.98. The molecule has 0 aliphatic carbocycles. The molecule has 0 spiro atoms. The van der Waals surface area contributed by atoms with E-state index in [1.807, 2.05) is 19.1 Å². The Hall–Kier alpha value is -2.55. The van der Waals surface area contributed by atoms with Crippen LogP contribution in [0.1, 0.15) is 18.2 Å². The number of para-hydroxylation sites is 2. The number of nitrogens with one attached hydrogen (secondary N) is 1. The Labute approximate surface area is 131 Å². The summed E-state index contributed by atoms with van der Waals surface area (Å²) in [6.45, 7) is 4.17. The number of benzene rings is 2. The standard InChI is InChI=1S/C19H20N2O/c1-4-14-8-5-6-10-16(14)21-17-12-13(2)20-19-15(17)9-7-11-18(19)22-3/h5-12H,4H2,1-3H3,(H,20,21). The Morgan fingerprint density at radius 1 is 1.05 bits per heavy atom. The third kappa shape index (κ3) is 2.62. The molecule has 3 heteroatoms. The molecule has 3 aromatic rings. The van der Waals surface area contributed by atoms with E-state index in [1.165, 1.54) is 5.56 Å². The molecule has 2 aromatic carbocycles. The molecule has 3 nitrogen and oxygen atoms in total. The fourth-order valence-electron chi connectivity index (χ4n) is 2.71. The Morgan fingerprint density at radius 2 is 1.86 bits per heavy atom. The highest BCUT2D eigenvalue weighted by Gasteiger charge is 2.09. The van der Waals surface area contributed by atoms with Crippen LogP contribution >= 0.6 is 0 Å². The zero-order chi connectivity index (χ0) is 15.5. The van der Waals surface area contributed by atoms with Crippen molar-refractivity contribution in [1.82, 2.24) is 4.98 Å². The molecule has 0 atom stereocenters. The van der Waals surface area contributed by atoms with Gasteiger partial charge in [0.15, 0.2) is 0 Å². The summed E-state index contributed by atoms with van der Waals surface area (Å²) in [6.07, 6.45) is 0.995. The third-order valence-corrected chi connectivity index (χ3v) is 3.82. The first-order chi connectivity index (χ1) is 10.7. The summed E-state index contributed by atoms with van der Waals surface area (Å²) in [4.78, 5) is 4.63. The molecule has 22 heavy (non-hydrogen) atoms. The minimum Gasteiger partial charge on any atom is -0.494 e. The summed E-state index contributed by atoms with van der Waals surface area (Å²) in [5.74, 6) is 0.799. The number of hydrogen-bond donors (Lipinski definition) is 1. The highest BCUT2D eigenvalue weighted by Crippen LogP contribution is 2.32. The molecule has 1 heterocycles. The summed E-state index contributed by atoms with van der Waals surface area (Å²) < 4.78 is 5.44. The van der Waals surface area contributed by atoms with Crippen LogP contribution in [0.2, 0.25) is 0 Å². The summed E-state index contributed by atoms with van der Waals surface area (Å²) in [5, 5.41) is 4.63. The Morgan fingerprint density at radius 3 is 2.64 bits per heavy atom. The first-order valence-electron chi connectivity index (χ1n) is 7.52. The number of anilines is 2. The van der Waals surface area contributed by atoms with Gasteiger partial charge in [0.2, 0.25) is 0 Å². The van der Waals surface area contributed by atoms with Crippen molar-refractivity contribution in [3.8, 4) is 5.75 Å². The molecule has 0 aliphatic heterocycles. The van der Waals surface area contributed by atoms with Crippen LogP contribution in [0, 0.1) is 6.92 Å². The molecule has 0 saturated heterocycles. The fraction of sp³-hybridized carbons (Fsp3) is 0.211. The van der Waals surface area contributed by atoms with Gasteiger partial charge in [-0.2, -0.15) is 0 Å². The van der Waals surface area contributed by atoms with E-state index in [-0.39, 0.29) is 0 Å². The lowest BCUT2D eigenvalue weighted by molar-refractivity contribution is 0.419. The van der Waals surface area contributed by atoms with E-state index in [1.54, 1.807) is 7.11 Å². The van der Waals surface area contributed by atoms with E-state index >= 15 is 0 Å². The molecule has 0 saturated carbocycles. The van der Waals surface area contributed by atoms with Gasteiger partial charge >= 0.3 is 0 Å². The van der Waals surface area contributed by atoms with Crippen LogP contribution in [0.25, 0.3) is 10.9 Å². The zero-order valence-corrected chi connectivity index (χ0v) is 13.2. The van der Waals surface area contributed by atoms with Crippen molar-refractivity contribution in [3.63, 3.8) is 0 Å². The molecule has 0 bridgehead atoms. The van der Waals surface area contributed by atoms with Gasteiger partial charge in [0.05, 0.1) is 7.11 Å². The highest BCUT2D eigenvalue weighted by molar-refractivity contribution is 5.96. The molecule has 112 valence electrons. The summed E-state index contributed by atoms with van der Waals surface area (Å²) in [7, 11) is 1.68. The molecule has 0 aliphatic rings. The van der Waals surface area contributed by atoms with Crippen molar-refractivity contribution in [2.45, 2.75) is 20.3 Å². The van der Waals surface area contributed by atoms with E-state index in [4.69, 9.17) is 4.74 Å². The number of ether oxygens (including phenoxy) is 1. The van der Waals surface area contributed by atoms with Gasteiger partial charge < -0.3 is 10.1 Å². The van der Waals surface area contributed by atoms with E-state index in [2.05, 4.69) is 53.6 Å². The number of aromatic nitrogens is 1. The molecule has 0 amide bonds. The van der Waals surface area contributed by atoms with Crippen LogP contribution < -0.4 is 10.1 Å². The SMILES string of the molecule is CCc1ccccc1Nc1cc(C)nc2c(OC)cccc12. The molecule has 0 unspecified atom stereocenters. The quantitative estimate of drug-likeness (QED) is 0.745. The number of nitrogens with zero attached hydrogens (tertiary/aromatic N) is 1. The van der Waals surface area contributed by atoms with Gasteiger partial charge in [-0.15, -0.1) is 0 Å². The number of methoxy groups -OCH3 is 1. The van der Waals surface area contributed by atoms with Crippen LogP contribution in [0.15, 0.2) is 48.5 Å². The van der Waals surface area contributed by atoms with Gasteiger partial charge in [-0.3, -0.25) is 0 Å². The van der Waals surface area contributed by atoms with E-state index in [0.29, 0.717) is 0 Å². The van der Waals surface area contributed by atoms with Gasteiger partial charge in [-0.1, -0.05) is 37.3 Å². The number of pyridine rings is 1.